The number of unbranched alkanes of at least 4 members (excludes halogenated alkanes) is 1. The molecule has 0 spiro atoms. The van der Waals surface area contributed by atoms with Gasteiger partial charge >= 0.3 is 0 Å². The van der Waals surface area contributed by atoms with E-state index < -0.39 is 0 Å². The molecule has 4 nitrogen and oxygen atoms in total. The molecular formula is C19H35N3O. The Bertz CT molecular complexity index is 470. The van der Waals surface area contributed by atoms with Crippen molar-refractivity contribution < 1.29 is 6.53 Å². The van der Waals surface area contributed by atoms with Gasteiger partial charge in [-0.1, -0.05) is 19.9 Å². The molecule has 1 aromatic heterocycles. The highest BCUT2D eigenvalue weighted by molar-refractivity contribution is 5.46. The summed E-state index contributed by atoms with van der Waals surface area (Å²) in [5.41, 5.74) is 2.58. The van der Waals surface area contributed by atoms with Crippen molar-refractivity contribution in [2.24, 2.45) is 0 Å². The zero-order valence-corrected chi connectivity index (χ0v) is 14.9. The number of aliphatic hydroxyl groups is 1. The summed E-state index contributed by atoms with van der Waals surface area (Å²) in [6.45, 7) is 8.18. The van der Waals surface area contributed by atoms with Crippen LogP contribution in [0.3, 0.4) is 0 Å². The molecule has 3 heterocycles. The second-order valence-corrected chi connectivity index (χ2v) is 6.39. The Morgan fingerprint density at radius 3 is 3.00 bits per heavy atom. The number of anilines is 1. The van der Waals surface area contributed by atoms with Crippen LogP contribution in [-0.2, 0) is 12.8 Å². The summed E-state index contributed by atoms with van der Waals surface area (Å²) >= 11 is 0. The molecule has 0 aliphatic carbocycles. The van der Waals surface area contributed by atoms with Gasteiger partial charge < -0.3 is 15.3 Å². The van der Waals surface area contributed by atoms with E-state index in [1.54, 1.807) is 0 Å². The lowest BCUT2D eigenvalue weighted by Gasteiger charge is -2.29. The molecule has 1 fully saturated rings. The van der Waals surface area contributed by atoms with Crippen molar-refractivity contribution in [2.45, 2.75) is 64.9 Å². The predicted molar refractivity (Wildman–Crippen MR) is 99.1 cm³/mol. The molecular weight excluding hydrogens is 286 g/mol. The highest BCUT2D eigenvalue weighted by atomic mass is 16.3. The Hall–Kier alpha value is -1.13. The van der Waals surface area contributed by atoms with Crippen molar-refractivity contribution in [1.29, 1.82) is 0 Å². The number of nitrogens with one attached hydrogen (secondary N) is 1. The molecule has 0 bridgehead atoms. The molecule has 132 valence electrons. The lowest BCUT2D eigenvalue weighted by molar-refractivity contribution is 0.0699. The number of aliphatic hydroxyl groups excluding tert-OH is 1. The summed E-state index contributed by atoms with van der Waals surface area (Å²) in [7, 11) is 0. The van der Waals surface area contributed by atoms with Crippen molar-refractivity contribution in [3.63, 3.8) is 0 Å². The molecule has 1 aromatic rings. The minimum atomic E-state index is -0.105. The molecule has 1 saturated heterocycles. The minimum absolute atomic E-state index is 0. The van der Waals surface area contributed by atoms with E-state index in [9.17, 15) is 5.11 Å². The first kappa shape index (κ1) is 18.2. The smallest absolute Gasteiger partial charge is 0.129 e. The normalized spacial score (nSPS) is 20.9. The van der Waals surface area contributed by atoms with Gasteiger partial charge in [0.1, 0.15) is 5.82 Å². The van der Waals surface area contributed by atoms with E-state index >= 15 is 0 Å². The molecule has 0 unspecified atom stereocenters. The first-order valence-corrected chi connectivity index (χ1v) is 9.44. The van der Waals surface area contributed by atoms with Gasteiger partial charge in [-0.25, -0.2) is 4.98 Å². The first-order chi connectivity index (χ1) is 11.3. The van der Waals surface area contributed by atoms with Gasteiger partial charge in [0, 0.05) is 20.2 Å². The first-order valence-electron chi connectivity index (χ1n) is 9.44. The molecule has 0 aromatic carbocycles. The Morgan fingerprint density at radius 1 is 1.30 bits per heavy atom. The number of hydrogen-bond donors (Lipinski definition) is 2. The fraction of sp³-hybridized carbons (Fsp3) is 0.737. The highest BCUT2D eigenvalue weighted by Crippen LogP contribution is 2.20. The van der Waals surface area contributed by atoms with Gasteiger partial charge in [0.05, 0.1) is 6.10 Å². The topological polar surface area (TPSA) is 48.4 Å². The molecule has 2 aliphatic rings. The Kier molecular flexibility index (Phi) is 7.83. The summed E-state index contributed by atoms with van der Waals surface area (Å²) in [5.74, 6) is 1.11. The largest absolute Gasteiger partial charge is 0.392 e. The average Bonchev–Trinajstić information content (AvgIpc) is 2.60. The number of β-amino-alcohol motifs (C(OH)–C–C–N with tert-alkyl or cyclic N) is 1. The van der Waals surface area contributed by atoms with Gasteiger partial charge in [0.2, 0.25) is 0 Å². The van der Waals surface area contributed by atoms with E-state index in [0.29, 0.717) is 0 Å². The third kappa shape index (κ3) is 5.78. The van der Waals surface area contributed by atoms with E-state index in [1.807, 2.05) is 13.8 Å². The molecule has 23 heavy (non-hydrogen) atoms. The van der Waals surface area contributed by atoms with Crippen LogP contribution in [0.15, 0.2) is 12.1 Å². The summed E-state index contributed by atoms with van der Waals surface area (Å²) in [6.07, 6.45) is 7.82. The molecule has 4 heteroatoms. The number of piperidine rings is 1. The Balaban J connectivity index is 0.000000925. The number of pyridine rings is 1. The highest BCUT2D eigenvalue weighted by Gasteiger charge is 2.16. The zero-order chi connectivity index (χ0) is 16.5. The second-order valence-electron chi connectivity index (χ2n) is 6.39. The van der Waals surface area contributed by atoms with Crippen molar-refractivity contribution in [3.05, 3.63) is 23.4 Å². The van der Waals surface area contributed by atoms with Gasteiger partial charge in [0.25, 0.3) is 0 Å². The maximum absolute atomic E-state index is 9.67. The van der Waals surface area contributed by atoms with Crippen LogP contribution in [0.5, 0.6) is 0 Å². The van der Waals surface area contributed by atoms with Crippen LogP contribution in [0.1, 0.15) is 58.6 Å². The summed E-state index contributed by atoms with van der Waals surface area (Å²) in [6, 6.07) is 4.43. The SMILES string of the molecule is CC.O[C@@H]1CCCN(CCCCc2ccc3c(n2)NCCC3)C1.[HH]. The molecule has 0 amide bonds. The third-order valence-corrected chi connectivity index (χ3v) is 4.59. The van der Waals surface area contributed by atoms with Gasteiger partial charge in [-0.3, -0.25) is 0 Å². The summed E-state index contributed by atoms with van der Waals surface area (Å²) < 4.78 is 0. The molecule has 2 N–H and O–H groups in total. The maximum Gasteiger partial charge on any atom is 0.129 e. The standard InChI is InChI=1S/C17H27N3O.C2H6.H2/c21-16-7-4-12-20(13-16)11-2-1-6-15-9-8-14-5-3-10-18-17(14)19-15;1-2;/h8-9,16,21H,1-7,10-13H2,(H,18,19);1-2H3;1H/t16-;;/m1../s1. The number of hydrogen-bond acceptors (Lipinski definition) is 4. The monoisotopic (exact) mass is 321 g/mol. The van der Waals surface area contributed by atoms with Crippen LogP contribution < -0.4 is 5.32 Å². The summed E-state index contributed by atoms with van der Waals surface area (Å²) in [5, 5.41) is 13.1. The number of aromatic nitrogens is 1. The number of fused-ring (bicyclic) bond motifs is 1. The zero-order valence-electron chi connectivity index (χ0n) is 14.9. The fourth-order valence-corrected chi connectivity index (χ4v) is 3.38. The number of nitrogens with zero attached hydrogens (tertiary/aromatic N) is 2. The van der Waals surface area contributed by atoms with E-state index in [4.69, 9.17) is 4.98 Å². The fourth-order valence-electron chi connectivity index (χ4n) is 3.38. The minimum Gasteiger partial charge on any atom is -0.392 e. The van der Waals surface area contributed by atoms with Gasteiger partial charge in [-0.2, -0.15) is 0 Å². The molecule has 3 rings (SSSR count). The molecule has 1 atom stereocenters. The maximum atomic E-state index is 9.67. The van der Waals surface area contributed by atoms with Crippen LogP contribution in [0, 0.1) is 0 Å². The van der Waals surface area contributed by atoms with Gasteiger partial charge in [-0.05, 0) is 69.7 Å². The number of aryl methyl sites for hydroxylation is 2. The molecule has 2 aliphatic heterocycles. The summed E-state index contributed by atoms with van der Waals surface area (Å²) in [4.78, 5) is 7.14. The van der Waals surface area contributed by atoms with Crippen LogP contribution in [-0.4, -0.2) is 47.3 Å². The van der Waals surface area contributed by atoms with Crippen molar-refractivity contribution in [2.75, 3.05) is 31.5 Å². The second kappa shape index (κ2) is 9.89. The lowest BCUT2D eigenvalue weighted by Crippen LogP contribution is -2.38. The van der Waals surface area contributed by atoms with Crippen LogP contribution in [0.25, 0.3) is 0 Å². The molecule has 0 saturated carbocycles. The van der Waals surface area contributed by atoms with Crippen LogP contribution in [0.4, 0.5) is 5.82 Å². The quantitative estimate of drug-likeness (QED) is 0.815. The van der Waals surface area contributed by atoms with E-state index in [-0.39, 0.29) is 7.53 Å². The molecule has 0 radical (unpaired) electrons. The average molecular weight is 322 g/mol. The van der Waals surface area contributed by atoms with Crippen molar-refractivity contribution >= 4 is 5.82 Å². The van der Waals surface area contributed by atoms with E-state index in [1.165, 1.54) is 30.5 Å². The van der Waals surface area contributed by atoms with Crippen molar-refractivity contribution in [3.8, 4) is 0 Å². The number of likely N-dealkylation sites (tertiary alicyclic amines) is 1. The Morgan fingerprint density at radius 2 is 2.17 bits per heavy atom. The van der Waals surface area contributed by atoms with Crippen molar-refractivity contribution in [1.82, 2.24) is 9.88 Å². The lowest BCUT2D eigenvalue weighted by atomic mass is 10.1. The predicted octanol–water partition coefficient (Wildman–Crippen LogP) is 3.49. The third-order valence-electron chi connectivity index (χ3n) is 4.59. The van der Waals surface area contributed by atoms with Gasteiger partial charge in [-0.15, -0.1) is 0 Å². The number of rotatable bonds is 5. The Labute approximate surface area is 142 Å². The van der Waals surface area contributed by atoms with E-state index in [2.05, 4.69) is 22.3 Å². The van der Waals surface area contributed by atoms with Crippen LogP contribution >= 0.6 is 0 Å². The van der Waals surface area contributed by atoms with Crippen LogP contribution in [0.2, 0.25) is 0 Å². The van der Waals surface area contributed by atoms with Gasteiger partial charge in [0.15, 0.2) is 0 Å². The van der Waals surface area contributed by atoms with E-state index in [0.717, 1.165) is 57.7 Å².